The van der Waals surface area contributed by atoms with E-state index in [0.717, 1.165) is 38.5 Å². The molecule has 0 atom stereocenters. The molecule has 1 aliphatic carbocycles. The molecule has 0 bridgehead atoms. The Kier molecular flexibility index (Phi) is 6.36. The summed E-state index contributed by atoms with van der Waals surface area (Å²) in [5, 5.41) is 17.8. The Morgan fingerprint density at radius 1 is 1.23 bits per heavy atom. The summed E-state index contributed by atoms with van der Waals surface area (Å²) < 4.78 is 0. The van der Waals surface area contributed by atoms with E-state index < -0.39 is 4.92 Å². The minimum atomic E-state index is -0.396. The Labute approximate surface area is 131 Å². The third kappa shape index (κ3) is 4.54. The molecule has 1 saturated carbocycles. The Balaban J connectivity index is 2.14. The highest BCUT2D eigenvalue weighted by molar-refractivity contribution is 5.69. The second-order valence-electron chi connectivity index (χ2n) is 5.79. The molecule has 7 nitrogen and oxygen atoms in total. The van der Waals surface area contributed by atoms with Crippen LogP contribution in [0.2, 0.25) is 0 Å². The average Bonchev–Trinajstić information content (AvgIpc) is 2.76. The van der Waals surface area contributed by atoms with Crippen LogP contribution in [-0.2, 0) is 0 Å². The maximum atomic E-state index is 11.4. The molecule has 122 valence electrons. The number of nitrogens with zero attached hydrogens (tertiary/aromatic N) is 3. The first-order chi connectivity index (χ1) is 10.7. The van der Waals surface area contributed by atoms with Gasteiger partial charge in [0.15, 0.2) is 0 Å². The van der Waals surface area contributed by atoms with Crippen molar-refractivity contribution in [2.24, 2.45) is 0 Å². The SMILES string of the molecule is CCCCNc1ncnc(NC2CCCCCC2)c1[N+](=O)[O-]. The molecular weight excluding hydrogens is 282 g/mol. The zero-order valence-electron chi connectivity index (χ0n) is 13.2. The molecule has 2 rings (SSSR count). The minimum absolute atomic E-state index is 0.0390. The van der Waals surface area contributed by atoms with Gasteiger partial charge in [-0.3, -0.25) is 10.1 Å². The Morgan fingerprint density at radius 3 is 2.55 bits per heavy atom. The second kappa shape index (κ2) is 8.51. The maximum Gasteiger partial charge on any atom is 0.353 e. The molecule has 0 radical (unpaired) electrons. The van der Waals surface area contributed by atoms with Crippen LogP contribution in [-0.4, -0.2) is 27.5 Å². The smallest absolute Gasteiger partial charge is 0.353 e. The van der Waals surface area contributed by atoms with Gasteiger partial charge in [-0.05, 0) is 19.3 Å². The van der Waals surface area contributed by atoms with E-state index >= 15 is 0 Å². The van der Waals surface area contributed by atoms with E-state index in [1.165, 1.54) is 19.2 Å². The van der Waals surface area contributed by atoms with E-state index in [9.17, 15) is 10.1 Å². The molecule has 22 heavy (non-hydrogen) atoms. The molecule has 0 unspecified atom stereocenters. The predicted molar refractivity (Wildman–Crippen MR) is 87.2 cm³/mol. The van der Waals surface area contributed by atoms with Crippen LogP contribution in [0.25, 0.3) is 0 Å². The molecule has 1 fully saturated rings. The van der Waals surface area contributed by atoms with E-state index in [1.54, 1.807) is 0 Å². The predicted octanol–water partition coefficient (Wildman–Crippen LogP) is 3.73. The van der Waals surface area contributed by atoms with Crippen molar-refractivity contribution in [3.05, 3.63) is 16.4 Å². The lowest BCUT2D eigenvalue weighted by atomic mass is 10.1. The van der Waals surface area contributed by atoms with Crippen molar-refractivity contribution in [3.63, 3.8) is 0 Å². The van der Waals surface area contributed by atoms with Gasteiger partial charge >= 0.3 is 5.69 Å². The highest BCUT2D eigenvalue weighted by Crippen LogP contribution is 2.31. The lowest BCUT2D eigenvalue weighted by Crippen LogP contribution is -2.20. The number of nitrogens with one attached hydrogen (secondary N) is 2. The number of aromatic nitrogens is 2. The molecule has 2 N–H and O–H groups in total. The molecular formula is C15H25N5O2. The average molecular weight is 307 g/mol. The zero-order valence-corrected chi connectivity index (χ0v) is 13.2. The van der Waals surface area contributed by atoms with Crippen LogP contribution < -0.4 is 10.6 Å². The first-order valence-electron chi connectivity index (χ1n) is 8.22. The van der Waals surface area contributed by atoms with Gasteiger partial charge in [0.05, 0.1) is 4.92 Å². The molecule has 0 saturated heterocycles. The van der Waals surface area contributed by atoms with Crippen LogP contribution in [0.15, 0.2) is 6.33 Å². The van der Waals surface area contributed by atoms with Crippen molar-refractivity contribution in [2.75, 3.05) is 17.2 Å². The molecule has 1 aliphatic rings. The molecule has 0 amide bonds. The fourth-order valence-electron chi connectivity index (χ4n) is 2.79. The van der Waals surface area contributed by atoms with Gasteiger partial charge in [0.25, 0.3) is 0 Å². The van der Waals surface area contributed by atoms with Gasteiger partial charge in [0, 0.05) is 12.6 Å². The van der Waals surface area contributed by atoms with E-state index in [-0.39, 0.29) is 11.7 Å². The summed E-state index contributed by atoms with van der Waals surface area (Å²) in [4.78, 5) is 19.2. The first-order valence-corrected chi connectivity index (χ1v) is 8.22. The van der Waals surface area contributed by atoms with E-state index in [4.69, 9.17) is 0 Å². The van der Waals surface area contributed by atoms with Crippen LogP contribution in [0, 0.1) is 10.1 Å². The molecule has 0 aromatic carbocycles. The summed E-state index contributed by atoms with van der Waals surface area (Å²) in [5.41, 5.74) is -0.0390. The number of anilines is 2. The Bertz CT molecular complexity index is 487. The molecule has 0 aliphatic heterocycles. The van der Waals surface area contributed by atoms with Crippen molar-refractivity contribution in [1.29, 1.82) is 0 Å². The highest BCUT2D eigenvalue weighted by Gasteiger charge is 2.24. The van der Waals surface area contributed by atoms with Gasteiger partial charge < -0.3 is 10.6 Å². The third-order valence-corrected chi connectivity index (χ3v) is 4.02. The standard InChI is InChI=1S/C15H25N5O2/c1-2-3-10-16-14-13(20(21)22)15(18-11-17-14)19-12-8-6-4-5-7-9-12/h11-12H,2-10H2,1H3,(H2,16,17,18,19). The maximum absolute atomic E-state index is 11.4. The van der Waals surface area contributed by atoms with Crippen LogP contribution in [0.5, 0.6) is 0 Å². The zero-order chi connectivity index (χ0) is 15.8. The quantitative estimate of drug-likeness (QED) is 0.345. The number of nitro groups is 1. The summed E-state index contributed by atoms with van der Waals surface area (Å²) in [6.45, 7) is 2.76. The lowest BCUT2D eigenvalue weighted by Gasteiger charge is -2.17. The van der Waals surface area contributed by atoms with Crippen LogP contribution in [0.4, 0.5) is 17.3 Å². The van der Waals surface area contributed by atoms with Gasteiger partial charge in [0.1, 0.15) is 6.33 Å². The van der Waals surface area contributed by atoms with Gasteiger partial charge in [-0.2, -0.15) is 0 Å². The van der Waals surface area contributed by atoms with Crippen molar-refractivity contribution in [2.45, 2.75) is 64.3 Å². The fraction of sp³-hybridized carbons (Fsp3) is 0.733. The van der Waals surface area contributed by atoms with Crippen LogP contribution >= 0.6 is 0 Å². The van der Waals surface area contributed by atoms with Crippen LogP contribution in [0.3, 0.4) is 0 Å². The number of unbranched alkanes of at least 4 members (excludes halogenated alkanes) is 1. The number of rotatable bonds is 7. The molecule has 7 heteroatoms. The third-order valence-electron chi connectivity index (χ3n) is 4.02. The normalized spacial score (nSPS) is 16.0. The Hall–Kier alpha value is -1.92. The van der Waals surface area contributed by atoms with Crippen molar-refractivity contribution in [3.8, 4) is 0 Å². The lowest BCUT2D eigenvalue weighted by molar-refractivity contribution is -0.383. The van der Waals surface area contributed by atoms with Crippen molar-refractivity contribution in [1.82, 2.24) is 9.97 Å². The summed E-state index contributed by atoms with van der Waals surface area (Å²) in [6.07, 6.45) is 10.3. The highest BCUT2D eigenvalue weighted by atomic mass is 16.6. The van der Waals surface area contributed by atoms with Gasteiger partial charge in [-0.1, -0.05) is 39.0 Å². The molecule has 1 aromatic rings. The molecule has 1 heterocycles. The topological polar surface area (TPSA) is 93.0 Å². The van der Waals surface area contributed by atoms with Crippen molar-refractivity contribution < 1.29 is 4.92 Å². The Morgan fingerprint density at radius 2 is 1.91 bits per heavy atom. The number of hydrogen-bond acceptors (Lipinski definition) is 6. The second-order valence-corrected chi connectivity index (χ2v) is 5.79. The minimum Gasteiger partial charge on any atom is -0.364 e. The van der Waals surface area contributed by atoms with Gasteiger partial charge in [0.2, 0.25) is 11.6 Å². The summed E-state index contributed by atoms with van der Waals surface area (Å²) in [6, 6.07) is 0.264. The molecule has 1 aromatic heterocycles. The summed E-state index contributed by atoms with van der Waals surface area (Å²) >= 11 is 0. The first kappa shape index (κ1) is 16.5. The van der Waals surface area contributed by atoms with Gasteiger partial charge in [-0.25, -0.2) is 9.97 Å². The summed E-state index contributed by atoms with van der Waals surface area (Å²) in [5.74, 6) is 0.649. The van der Waals surface area contributed by atoms with Crippen molar-refractivity contribution >= 4 is 17.3 Å². The monoisotopic (exact) mass is 307 g/mol. The van der Waals surface area contributed by atoms with Gasteiger partial charge in [-0.15, -0.1) is 0 Å². The van der Waals surface area contributed by atoms with E-state index in [1.807, 2.05) is 0 Å². The number of hydrogen-bond donors (Lipinski definition) is 2. The molecule has 0 spiro atoms. The largest absolute Gasteiger partial charge is 0.364 e. The fourth-order valence-corrected chi connectivity index (χ4v) is 2.79. The van der Waals surface area contributed by atoms with E-state index in [0.29, 0.717) is 18.2 Å². The summed E-state index contributed by atoms with van der Waals surface area (Å²) in [7, 11) is 0. The van der Waals surface area contributed by atoms with E-state index in [2.05, 4.69) is 27.5 Å². The van der Waals surface area contributed by atoms with Crippen LogP contribution in [0.1, 0.15) is 58.3 Å².